The summed E-state index contributed by atoms with van der Waals surface area (Å²) in [4.78, 5) is 18.2. The molecule has 26 heavy (non-hydrogen) atoms. The number of carbonyl (C=O) groups is 1. The predicted molar refractivity (Wildman–Crippen MR) is 101 cm³/mol. The number of morpholine rings is 1. The quantitative estimate of drug-likeness (QED) is 0.811. The number of benzene rings is 1. The smallest absolute Gasteiger partial charge is 0.234 e. The number of aryl methyl sites for hydroxylation is 1. The lowest BCUT2D eigenvalue weighted by Gasteiger charge is -2.37. The Kier molecular flexibility index (Phi) is 5.83. The maximum atomic E-state index is 14.5. The highest BCUT2D eigenvalue weighted by Gasteiger charge is 2.24. The number of rotatable bonds is 5. The van der Waals surface area contributed by atoms with Crippen LogP contribution in [0.25, 0.3) is 0 Å². The molecule has 140 valence electrons. The van der Waals surface area contributed by atoms with Crippen LogP contribution >= 0.6 is 11.8 Å². The Balaban J connectivity index is 1.60. The minimum Gasteiger partial charge on any atom is -0.372 e. The monoisotopic (exact) mass is 378 g/mol. The highest BCUT2D eigenvalue weighted by Crippen LogP contribution is 2.26. The van der Waals surface area contributed by atoms with Crippen molar-refractivity contribution in [1.29, 1.82) is 0 Å². The zero-order valence-corrected chi connectivity index (χ0v) is 15.9. The number of carbonyl (C=O) groups excluding carboxylic acids is 1. The largest absolute Gasteiger partial charge is 0.372 e. The molecular weight excluding hydrogens is 355 g/mol. The third-order valence-corrected chi connectivity index (χ3v) is 5.16. The van der Waals surface area contributed by atoms with Gasteiger partial charge in [-0.3, -0.25) is 4.79 Å². The van der Waals surface area contributed by atoms with Crippen molar-refractivity contribution >= 4 is 29.0 Å². The minimum absolute atomic E-state index is 0.0562. The number of amides is 1. The summed E-state index contributed by atoms with van der Waals surface area (Å²) in [7, 11) is 1.87. The van der Waals surface area contributed by atoms with Crippen LogP contribution in [-0.4, -0.2) is 46.5 Å². The molecule has 1 N–H and O–H groups in total. The van der Waals surface area contributed by atoms with Crippen LogP contribution in [-0.2, 0) is 16.6 Å². The number of hydrogen-bond acceptors (Lipinski definition) is 5. The van der Waals surface area contributed by atoms with Crippen molar-refractivity contribution in [3.05, 3.63) is 36.4 Å². The maximum absolute atomic E-state index is 14.5. The highest BCUT2D eigenvalue weighted by atomic mass is 32.2. The average molecular weight is 378 g/mol. The van der Waals surface area contributed by atoms with E-state index in [1.807, 2.05) is 36.6 Å². The van der Waals surface area contributed by atoms with Crippen LogP contribution in [0.5, 0.6) is 0 Å². The molecule has 6 nitrogen and oxygen atoms in total. The van der Waals surface area contributed by atoms with E-state index in [4.69, 9.17) is 4.74 Å². The summed E-state index contributed by atoms with van der Waals surface area (Å²) in [6, 6.07) is 4.80. The van der Waals surface area contributed by atoms with Crippen molar-refractivity contribution in [1.82, 2.24) is 9.55 Å². The standard InChI is InChI=1S/C18H23FN4O2S/c1-12-9-23(10-13(2)25-12)16-5-4-14(8-15(16)19)21-17(24)11-26-18-20-6-7-22(18)3/h4-8,12-13H,9-11H2,1-3H3,(H,21,24)/t12-,13+. The summed E-state index contributed by atoms with van der Waals surface area (Å²) in [5, 5.41) is 3.49. The van der Waals surface area contributed by atoms with Crippen molar-refractivity contribution in [3.8, 4) is 0 Å². The molecule has 3 rings (SSSR count). The second kappa shape index (κ2) is 8.09. The Hall–Kier alpha value is -2.06. The van der Waals surface area contributed by atoms with Crippen molar-refractivity contribution in [3.63, 3.8) is 0 Å². The first kappa shape index (κ1) is 18.7. The predicted octanol–water partition coefficient (Wildman–Crippen LogP) is 2.90. The van der Waals surface area contributed by atoms with E-state index in [1.165, 1.54) is 17.8 Å². The molecule has 0 unspecified atom stereocenters. The Morgan fingerprint density at radius 2 is 2.12 bits per heavy atom. The molecule has 1 saturated heterocycles. The van der Waals surface area contributed by atoms with Crippen LogP contribution < -0.4 is 10.2 Å². The first-order chi connectivity index (χ1) is 12.4. The van der Waals surface area contributed by atoms with Gasteiger partial charge < -0.3 is 19.5 Å². The van der Waals surface area contributed by atoms with Gasteiger partial charge in [-0.05, 0) is 32.0 Å². The zero-order chi connectivity index (χ0) is 18.7. The minimum atomic E-state index is -0.346. The molecule has 0 saturated carbocycles. The molecule has 8 heteroatoms. The maximum Gasteiger partial charge on any atom is 0.234 e. The van der Waals surface area contributed by atoms with Crippen LogP contribution in [0, 0.1) is 5.82 Å². The first-order valence-electron chi connectivity index (χ1n) is 8.52. The zero-order valence-electron chi connectivity index (χ0n) is 15.1. The third kappa shape index (κ3) is 4.56. The molecule has 1 aliphatic heterocycles. The van der Waals surface area contributed by atoms with E-state index in [9.17, 15) is 9.18 Å². The van der Waals surface area contributed by atoms with Crippen LogP contribution in [0.1, 0.15) is 13.8 Å². The van der Waals surface area contributed by atoms with Gasteiger partial charge >= 0.3 is 0 Å². The Bertz CT molecular complexity index is 772. The molecule has 1 aromatic carbocycles. The molecule has 1 aromatic heterocycles. The van der Waals surface area contributed by atoms with E-state index < -0.39 is 0 Å². The number of anilines is 2. The lowest BCUT2D eigenvalue weighted by atomic mass is 10.2. The van der Waals surface area contributed by atoms with E-state index in [-0.39, 0.29) is 29.7 Å². The van der Waals surface area contributed by atoms with Crippen molar-refractivity contribution in [2.75, 3.05) is 29.1 Å². The van der Waals surface area contributed by atoms with E-state index in [0.29, 0.717) is 24.5 Å². The number of thioether (sulfide) groups is 1. The van der Waals surface area contributed by atoms with Crippen molar-refractivity contribution in [2.24, 2.45) is 7.05 Å². The molecule has 2 aromatic rings. The fourth-order valence-electron chi connectivity index (χ4n) is 3.03. The topological polar surface area (TPSA) is 59.4 Å². The van der Waals surface area contributed by atoms with Gasteiger partial charge in [-0.15, -0.1) is 0 Å². The Morgan fingerprint density at radius 3 is 2.73 bits per heavy atom. The molecule has 0 bridgehead atoms. The van der Waals surface area contributed by atoms with Gasteiger partial charge in [0, 0.05) is 38.2 Å². The van der Waals surface area contributed by atoms with Crippen LogP contribution in [0.15, 0.2) is 35.7 Å². The number of nitrogens with zero attached hydrogens (tertiary/aromatic N) is 3. The summed E-state index contributed by atoms with van der Waals surface area (Å²) in [6.07, 6.45) is 3.62. The van der Waals surface area contributed by atoms with Crippen LogP contribution in [0.2, 0.25) is 0 Å². The number of nitrogens with one attached hydrogen (secondary N) is 1. The van der Waals surface area contributed by atoms with Crippen LogP contribution in [0.3, 0.4) is 0 Å². The number of imidazole rings is 1. The lowest BCUT2D eigenvalue weighted by Crippen LogP contribution is -2.45. The molecule has 0 spiro atoms. The molecule has 2 heterocycles. The molecule has 1 aliphatic rings. The SMILES string of the molecule is C[C@@H]1CN(c2ccc(NC(=O)CSc3nccn3C)cc2F)C[C@H](C)O1. The molecule has 2 atom stereocenters. The van der Waals surface area contributed by atoms with Gasteiger partial charge in [0.1, 0.15) is 5.82 Å². The third-order valence-electron chi connectivity index (χ3n) is 4.10. The normalized spacial score (nSPS) is 20.2. The Morgan fingerprint density at radius 1 is 1.38 bits per heavy atom. The molecule has 1 fully saturated rings. The van der Waals surface area contributed by atoms with Gasteiger partial charge in [-0.2, -0.15) is 0 Å². The van der Waals surface area contributed by atoms with E-state index in [2.05, 4.69) is 10.3 Å². The summed E-state index contributed by atoms with van der Waals surface area (Å²) < 4.78 is 22.1. The number of ether oxygens (including phenoxy) is 1. The second-order valence-electron chi connectivity index (χ2n) is 6.49. The number of halogens is 1. The molecule has 0 aliphatic carbocycles. The van der Waals surface area contributed by atoms with Crippen LogP contribution in [0.4, 0.5) is 15.8 Å². The lowest BCUT2D eigenvalue weighted by molar-refractivity contribution is -0.113. The Labute approximate surface area is 156 Å². The number of aromatic nitrogens is 2. The molecule has 1 amide bonds. The van der Waals surface area contributed by atoms with Gasteiger partial charge in [-0.25, -0.2) is 9.37 Å². The van der Waals surface area contributed by atoms with Crippen molar-refractivity contribution in [2.45, 2.75) is 31.2 Å². The first-order valence-corrected chi connectivity index (χ1v) is 9.51. The van der Waals surface area contributed by atoms with E-state index in [0.717, 1.165) is 5.16 Å². The molecule has 0 radical (unpaired) electrons. The van der Waals surface area contributed by atoms with Gasteiger partial charge in [0.2, 0.25) is 5.91 Å². The van der Waals surface area contributed by atoms with E-state index >= 15 is 0 Å². The van der Waals surface area contributed by atoms with Gasteiger partial charge in [-0.1, -0.05) is 11.8 Å². The molecular formula is C18H23FN4O2S. The summed E-state index contributed by atoms with van der Waals surface area (Å²) in [5.74, 6) is -0.327. The summed E-state index contributed by atoms with van der Waals surface area (Å²) >= 11 is 1.34. The highest BCUT2D eigenvalue weighted by molar-refractivity contribution is 7.99. The second-order valence-corrected chi connectivity index (χ2v) is 7.43. The fraction of sp³-hybridized carbons (Fsp3) is 0.444. The average Bonchev–Trinajstić information content (AvgIpc) is 2.97. The number of hydrogen-bond donors (Lipinski definition) is 1. The van der Waals surface area contributed by atoms with Gasteiger partial charge in [0.15, 0.2) is 5.16 Å². The van der Waals surface area contributed by atoms with E-state index in [1.54, 1.807) is 18.3 Å². The fourth-order valence-corrected chi connectivity index (χ4v) is 3.77. The van der Waals surface area contributed by atoms with Gasteiger partial charge in [0.05, 0.1) is 23.6 Å². The van der Waals surface area contributed by atoms with Crippen molar-refractivity contribution < 1.29 is 13.9 Å². The van der Waals surface area contributed by atoms with Gasteiger partial charge in [0.25, 0.3) is 0 Å². The summed E-state index contributed by atoms with van der Waals surface area (Å²) in [5.41, 5.74) is 0.985. The summed E-state index contributed by atoms with van der Waals surface area (Å²) in [6.45, 7) is 5.25.